The lowest BCUT2D eigenvalue weighted by Crippen LogP contribution is -2.40. The molecule has 94 valence electrons. The highest BCUT2D eigenvalue weighted by atomic mass is 16.5. The van der Waals surface area contributed by atoms with Crippen LogP contribution in [0.1, 0.15) is 51.0 Å². The van der Waals surface area contributed by atoms with Crippen LogP contribution in [0, 0.1) is 0 Å². The average molecular weight is 233 g/mol. The lowest BCUT2D eigenvalue weighted by atomic mass is 10.0. The summed E-state index contributed by atoms with van der Waals surface area (Å²) in [6, 6.07) is 8.45. The Kier molecular flexibility index (Phi) is 3.72. The highest BCUT2D eigenvalue weighted by Crippen LogP contribution is 2.34. The minimum atomic E-state index is -0.0979. The second-order valence-electron chi connectivity index (χ2n) is 5.42. The maximum Gasteiger partial charge on any atom is 0.121 e. The molecule has 0 aliphatic heterocycles. The maximum absolute atomic E-state index is 6.12. The summed E-state index contributed by atoms with van der Waals surface area (Å²) in [5, 5.41) is 0. The Hall–Kier alpha value is -1.02. The lowest BCUT2D eigenvalue weighted by Gasteiger charge is -2.28. The van der Waals surface area contributed by atoms with Crippen molar-refractivity contribution in [1.29, 1.82) is 0 Å². The summed E-state index contributed by atoms with van der Waals surface area (Å²) >= 11 is 0. The van der Waals surface area contributed by atoms with Crippen molar-refractivity contribution >= 4 is 0 Å². The molecule has 0 bridgehead atoms. The van der Waals surface area contributed by atoms with E-state index in [9.17, 15) is 0 Å². The molecule has 0 amide bonds. The Labute approximate surface area is 104 Å². The Morgan fingerprint density at radius 3 is 2.24 bits per heavy atom. The molecule has 2 N–H and O–H groups in total. The summed E-state index contributed by atoms with van der Waals surface area (Å²) in [4.78, 5) is 0. The predicted octanol–water partition coefficient (Wildman–Crippen LogP) is 3.46. The number of hydrogen-bond acceptors (Lipinski definition) is 2. The molecule has 1 aromatic rings. The van der Waals surface area contributed by atoms with Crippen molar-refractivity contribution in [3.05, 3.63) is 29.8 Å². The molecule has 0 aromatic heterocycles. The van der Waals surface area contributed by atoms with Gasteiger partial charge >= 0.3 is 0 Å². The van der Waals surface area contributed by atoms with Gasteiger partial charge in [0.05, 0.1) is 0 Å². The molecule has 0 heterocycles. The third kappa shape index (κ3) is 2.81. The summed E-state index contributed by atoms with van der Waals surface area (Å²) in [6.07, 6.45) is 4.66. The average Bonchev–Trinajstić information content (AvgIpc) is 2.79. The fourth-order valence-corrected chi connectivity index (χ4v) is 2.54. The highest BCUT2D eigenvalue weighted by Gasteiger charge is 2.34. The fourth-order valence-electron chi connectivity index (χ4n) is 2.54. The molecule has 2 nitrogen and oxygen atoms in total. The molecule has 1 fully saturated rings. The second-order valence-corrected chi connectivity index (χ2v) is 5.42. The molecular weight excluding hydrogens is 210 g/mol. The number of nitrogens with two attached hydrogens (primary N) is 1. The topological polar surface area (TPSA) is 35.2 Å². The first-order valence-corrected chi connectivity index (χ1v) is 6.64. The van der Waals surface area contributed by atoms with Crippen molar-refractivity contribution in [2.24, 2.45) is 5.73 Å². The van der Waals surface area contributed by atoms with E-state index in [0.717, 1.165) is 18.6 Å². The molecule has 1 aliphatic carbocycles. The summed E-state index contributed by atoms with van der Waals surface area (Å²) in [5.74, 6) is 1.53. The van der Waals surface area contributed by atoms with E-state index >= 15 is 0 Å². The monoisotopic (exact) mass is 233 g/mol. The van der Waals surface area contributed by atoms with Gasteiger partial charge < -0.3 is 10.5 Å². The van der Waals surface area contributed by atoms with Gasteiger partial charge in [0.1, 0.15) is 11.4 Å². The molecule has 1 aliphatic rings. The van der Waals surface area contributed by atoms with E-state index < -0.39 is 0 Å². The molecular formula is C15H23NO. The third-order valence-electron chi connectivity index (χ3n) is 3.77. The first-order valence-electron chi connectivity index (χ1n) is 6.64. The van der Waals surface area contributed by atoms with Gasteiger partial charge in [-0.15, -0.1) is 0 Å². The highest BCUT2D eigenvalue weighted by molar-refractivity contribution is 5.29. The molecule has 17 heavy (non-hydrogen) atoms. The minimum absolute atomic E-state index is 0.0979. The van der Waals surface area contributed by atoms with Crippen LogP contribution in [0.3, 0.4) is 0 Å². The standard InChI is InChI=1S/C15H23NO/c1-12(2)13-5-7-14(8-6-13)17-15(11-16)9-3-4-10-15/h5-8,12H,3-4,9-11,16H2,1-2H3. The molecule has 2 heteroatoms. The second kappa shape index (κ2) is 5.09. The zero-order valence-corrected chi connectivity index (χ0v) is 10.9. The number of hydrogen-bond donors (Lipinski definition) is 1. The van der Waals surface area contributed by atoms with E-state index in [2.05, 4.69) is 38.1 Å². The van der Waals surface area contributed by atoms with E-state index in [4.69, 9.17) is 10.5 Å². The SMILES string of the molecule is CC(C)c1ccc(OC2(CN)CCCC2)cc1. The Morgan fingerprint density at radius 1 is 1.18 bits per heavy atom. The molecule has 0 spiro atoms. The van der Waals surface area contributed by atoms with Crippen LogP contribution >= 0.6 is 0 Å². The molecule has 1 saturated carbocycles. The quantitative estimate of drug-likeness (QED) is 0.864. The van der Waals surface area contributed by atoms with Crippen molar-refractivity contribution in [2.45, 2.75) is 51.0 Å². The third-order valence-corrected chi connectivity index (χ3v) is 3.77. The van der Waals surface area contributed by atoms with Gasteiger partial charge in [0.15, 0.2) is 0 Å². The van der Waals surface area contributed by atoms with Gasteiger partial charge in [-0.3, -0.25) is 0 Å². The van der Waals surface area contributed by atoms with E-state index in [0.29, 0.717) is 12.5 Å². The van der Waals surface area contributed by atoms with E-state index in [1.165, 1.54) is 18.4 Å². The zero-order chi connectivity index (χ0) is 12.3. The minimum Gasteiger partial charge on any atom is -0.486 e. The summed E-state index contributed by atoms with van der Waals surface area (Å²) in [6.45, 7) is 5.03. The van der Waals surface area contributed by atoms with Crippen LogP contribution in [0.5, 0.6) is 5.75 Å². The molecule has 0 atom stereocenters. The van der Waals surface area contributed by atoms with Crippen LogP contribution in [-0.2, 0) is 0 Å². The molecule has 0 radical (unpaired) electrons. The van der Waals surface area contributed by atoms with Crippen molar-refractivity contribution in [1.82, 2.24) is 0 Å². The van der Waals surface area contributed by atoms with Crippen LogP contribution in [0.2, 0.25) is 0 Å². The van der Waals surface area contributed by atoms with Crippen LogP contribution in [0.15, 0.2) is 24.3 Å². The zero-order valence-electron chi connectivity index (χ0n) is 10.9. The van der Waals surface area contributed by atoms with Crippen LogP contribution < -0.4 is 10.5 Å². The Bertz CT molecular complexity index is 350. The lowest BCUT2D eigenvalue weighted by molar-refractivity contribution is 0.0853. The van der Waals surface area contributed by atoms with Crippen LogP contribution in [-0.4, -0.2) is 12.1 Å². The van der Waals surface area contributed by atoms with Crippen molar-refractivity contribution in [3.63, 3.8) is 0 Å². The number of benzene rings is 1. The molecule has 0 unspecified atom stereocenters. The van der Waals surface area contributed by atoms with Gasteiger partial charge in [0.25, 0.3) is 0 Å². The summed E-state index contributed by atoms with van der Waals surface area (Å²) in [7, 11) is 0. The van der Waals surface area contributed by atoms with Gasteiger partial charge in [0.2, 0.25) is 0 Å². The van der Waals surface area contributed by atoms with Crippen LogP contribution in [0.4, 0.5) is 0 Å². The van der Waals surface area contributed by atoms with Gasteiger partial charge in [-0.1, -0.05) is 26.0 Å². The normalized spacial score (nSPS) is 18.6. The smallest absolute Gasteiger partial charge is 0.121 e. The van der Waals surface area contributed by atoms with Crippen molar-refractivity contribution in [3.8, 4) is 5.75 Å². The van der Waals surface area contributed by atoms with Gasteiger partial charge in [-0.2, -0.15) is 0 Å². The largest absolute Gasteiger partial charge is 0.486 e. The van der Waals surface area contributed by atoms with E-state index in [1.54, 1.807) is 0 Å². The van der Waals surface area contributed by atoms with E-state index in [-0.39, 0.29) is 5.60 Å². The molecule has 0 saturated heterocycles. The first-order chi connectivity index (χ1) is 8.15. The van der Waals surface area contributed by atoms with E-state index in [1.807, 2.05) is 0 Å². The Balaban J connectivity index is 2.07. The van der Waals surface area contributed by atoms with Crippen molar-refractivity contribution < 1.29 is 4.74 Å². The molecule has 1 aromatic carbocycles. The van der Waals surface area contributed by atoms with Gasteiger partial charge in [0, 0.05) is 6.54 Å². The fraction of sp³-hybridized carbons (Fsp3) is 0.600. The predicted molar refractivity (Wildman–Crippen MR) is 71.4 cm³/mol. The summed E-state index contributed by atoms with van der Waals surface area (Å²) in [5.41, 5.74) is 7.12. The van der Waals surface area contributed by atoms with Crippen LogP contribution in [0.25, 0.3) is 0 Å². The summed E-state index contributed by atoms with van der Waals surface area (Å²) < 4.78 is 6.12. The first kappa shape index (κ1) is 12.4. The van der Waals surface area contributed by atoms with Gasteiger partial charge in [-0.25, -0.2) is 0 Å². The van der Waals surface area contributed by atoms with Crippen molar-refractivity contribution in [2.75, 3.05) is 6.54 Å². The van der Waals surface area contributed by atoms with Gasteiger partial charge in [-0.05, 0) is 49.3 Å². The Morgan fingerprint density at radius 2 is 1.76 bits per heavy atom. The number of ether oxygens (including phenoxy) is 1. The number of rotatable bonds is 4. The molecule has 2 rings (SSSR count). The maximum atomic E-state index is 6.12.